The van der Waals surface area contributed by atoms with Crippen molar-refractivity contribution in [2.24, 2.45) is 0 Å². The van der Waals surface area contributed by atoms with Crippen LogP contribution in [-0.2, 0) is 19.7 Å². The van der Waals surface area contributed by atoms with Gasteiger partial charge in [-0.25, -0.2) is 16.8 Å². The molecule has 1 heterocycles. The van der Waals surface area contributed by atoms with Crippen molar-refractivity contribution in [1.29, 1.82) is 0 Å². The summed E-state index contributed by atoms with van der Waals surface area (Å²) in [5, 5.41) is 0.797. The summed E-state index contributed by atoms with van der Waals surface area (Å²) >= 11 is 0.939. The molecular formula is C13H14O4S3. The van der Waals surface area contributed by atoms with Crippen LogP contribution >= 0.6 is 11.3 Å². The molecule has 0 bridgehead atoms. The lowest BCUT2D eigenvalue weighted by molar-refractivity contribution is 0.589. The zero-order valence-corrected chi connectivity index (χ0v) is 13.4. The molecule has 0 aliphatic rings. The highest BCUT2D eigenvalue weighted by Gasteiger charge is 2.25. The molecule has 0 saturated heterocycles. The lowest BCUT2D eigenvalue weighted by atomic mass is 10.4. The second-order valence-corrected chi connectivity index (χ2v) is 10.1. The number of hydrogen-bond acceptors (Lipinski definition) is 5. The maximum absolute atomic E-state index is 12.4. The Bertz CT molecular complexity index is 800. The van der Waals surface area contributed by atoms with Gasteiger partial charge in [0, 0.05) is 5.38 Å². The van der Waals surface area contributed by atoms with Crippen molar-refractivity contribution in [3.8, 4) is 0 Å². The second kappa shape index (κ2) is 5.31. The van der Waals surface area contributed by atoms with Gasteiger partial charge >= 0.3 is 0 Å². The largest absolute Gasteiger partial charge is 0.223 e. The Balaban J connectivity index is 2.50. The lowest BCUT2D eigenvalue weighted by Crippen LogP contribution is -2.12. The molecule has 0 saturated carbocycles. The molecule has 0 aliphatic heterocycles. The van der Waals surface area contributed by atoms with Gasteiger partial charge < -0.3 is 0 Å². The van der Waals surface area contributed by atoms with Crippen molar-refractivity contribution in [1.82, 2.24) is 0 Å². The van der Waals surface area contributed by atoms with Gasteiger partial charge in [-0.3, -0.25) is 0 Å². The summed E-state index contributed by atoms with van der Waals surface area (Å²) in [6.07, 6.45) is 0. The van der Waals surface area contributed by atoms with E-state index in [0.717, 1.165) is 11.3 Å². The fraction of sp³-hybridized carbons (Fsp3) is 0.231. The first-order chi connectivity index (χ1) is 9.26. The average molecular weight is 330 g/mol. The van der Waals surface area contributed by atoms with Crippen molar-refractivity contribution >= 4 is 31.0 Å². The van der Waals surface area contributed by atoms with Crippen molar-refractivity contribution in [3.63, 3.8) is 0 Å². The van der Waals surface area contributed by atoms with Gasteiger partial charge in [0.05, 0.1) is 15.0 Å². The highest BCUT2D eigenvalue weighted by atomic mass is 32.2. The maximum atomic E-state index is 12.4. The fourth-order valence-electron chi connectivity index (χ4n) is 1.56. The van der Waals surface area contributed by atoms with Crippen LogP contribution in [0.25, 0.3) is 0 Å². The van der Waals surface area contributed by atoms with Gasteiger partial charge in [0.15, 0.2) is 9.84 Å². The maximum Gasteiger partial charge on any atom is 0.207 e. The standard InChI is InChI=1S/C13H14O4S3/c1-10(2)19(14,15)13-8-12(9-18-13)20(16,17)11-6-4-3-5-7-11/h3-10H,1-2H3. The highest BCUT2D eigenvalue weighted by molar-refractivity contribution is 7.94. The summed E-state index contributed by atoms with van der Waals surface area (Å²) < 4.78 is 48.8. The van der Waals surface area contributed by atoms with E-state index in [-0.39, 0.29) is 14.0 Å². The highest BCUT2D eigenvalue weighted by Crippen LogP contribution is 2.30. The SMILES string of the molecule is CC(C)S(=O)(=O)c1cc(S(=O)(=O)c2ccccc2)cs1. The molecule has 7 heteroatoms. The minimum Gasteiger partial charge on any atom is -0.223 e. The second-order valence-electron chi connectivity index (χ2n) is 4.51. The quantitative estimate of drug-likeness (QED) is 0.864. The zero-order valence-electron chi connectivity index (χ0n) is 11.0. The van der Waals surface area contributed by atoms with E-state index in [4.69, 9.17) is 0 Å². The number of rotatable bonds is 4. The minimum atomic E-state index is -3.66. The van der Waals surface area contributed by atoms with Crippen molar-refractivity contribution < 1.29 is 16.8 Å². The first kappa shape index (κ1) is 15.2. The molecule has 108 valence electrons. The first-order valence-electron chi connectivity index (χ1n) is 5.89. The van der Waals surface area contributed by atoms with Crippen LogP contribution in [-0.4, -0.2) is 22.1 Å². The smallest absolute Gasteiger partial charge is 0.207 e. The van der Waals surface area contributed by atoms with Crippen molar-refractivity contribution in [3.05, 3.63) is 41.8 Å². The van der Waals surface area contributed by atoms with Gasteiger partial charge in [-0.05, 0) is 32.0 Å². The summed E-state index contributed by atoms with van der Waals surface area (Å²) in [6.45, 7) is 3.14. The Kier molecular flexibility index (Phi) is 4.04. The van der Waals surface area contributed by atoms with E-state index in [0.29, 0.717) is 0 Å². The summed E-state index contributed by atoms with van der Waals surface area (Å²) in [6, 6.07) is 9.20. The average Bonchev–Trinajstić information content (AvgIpc) is 2.90. The Morgan fingerprint density at radius 1 is 0.950 bits per heavy atom. The topological polar surface area (TPSA) is 68.3 Å². The minimum absolute atomic E-state index is 0.0212. The molecule has 0 amide bonds. The predicted molar refractivity (Wildman–Crippen MR) is 78.5 cm³/mol. The van der Waals surface area contributed by atoms with Crippen molar-refractivity contribution in [2.75, 3.05) is 0 Å². The molecule has 0 atom stereocenters. The molecule has 1 aromatic heterocycles. The molecule has 0 radical (unpaired) electrons. The lowest BCUT2D eigenvalue weighted by Gasteiger charge is -2.04. The third-order valence-electron chi connectivity index (χ3n) is 2.82. The molecule has 0 spiro atoms. The number of hydrogen-bond donors (Lipinski definition) is 0. The van der Waals surface area contributed by atoms with Crippen LogP contribution in [0.4, 0.5) is 0 Å². The van der Waals surface area contributed by atoms with Crippen LogP contribution in [0.3, 0.4) is 0 Å². The summed E-state index contributed by atoms with van der Waals surface area (Å²) in [4.78, 5) is 0.180. The van der Waals surface area contributed by atoms with Crippen LogP contribution in [0.1, 0.15) is 13.8 Å². The molecule has 0 N–H and O–H groups in total. The summed E-state index contributed by atoms with van der Waals surface area (Å²) in [5.74, 6) is 0. The molecule has 20 heavy (non-hydrogen) atoms. The Labute approximate surface area is 122 Å². The third kappa shape index (κ3) is 2.65. The van der Waals surface area contributed by atoms with E-state index in [1.165, 1.54) is 23.6 Å². The number of thiophene rings is 1. The Morgan fingerprint density at radius 3 is 2.10 bits per heavy atom. The summed E-state index contributed by atoms with van der Waals surface area (Å²) in [5.41, 5.74) is 0. The number of sulfone groups is 2. The molecule has 2 rings (SSSR count). The normalized spacial score (nSPS) is 12.8. The van der Waals surface area contributed by atoms with Gasteiger partial charge in [0.25, 0.3) is 0 Å². The zero-order chi connectivity index (χ0) is 15.0. The van der Waals surface area contributed by atoms with E-state index >= 15 is 0 Å². The van der Waals surface area contributed by atoms with Crippen molar-refractivity contribution in [2.45, 2.75) is 33.1 Å². The third-order valence-corrected chi connectivity index (χ3v) is 8.34. The molecular weight excluding hydrogens is 316 g/mol. The van der Waals surface area contributed by atoms with Crippen LogP contribution in [0.5, 0.6) is 0 Å². The molecule has 2 aromatic rings. The molecule has 0 fully saturated rings. The van der Waals surface area contributed by atoms with Crippen LogP contribution in [0, 0.1) is 0 Å². The Hall–Kier alpha value is -1.18. The fourth-order valence-corrected chi connectivity index (χ4v) is 5.93. The summed E-state index contributed by atoms with van der Waals surface area (Å²) in [7, 11) is -7.10. The van der Waals surface area contributed by atoms with E-state index in [1.807, 2.05) is 0 Å². The van der Waals surface area contributed by atoms with Gasteiger partial charge in [0.2, 0.25) is 9.84 Å². The van der Waals surface area contributed by atoms with Gasteiger partial charge in [-0.1, -0.05) is 18.2 Å². The predicted octanol–water partition coefficient (Wildman–Crippen LogP) is 2.76. The molecule has 0 unspecified atom stereocenters. The molecule has 0 aliphatic carbocycles. The molecule has 1 aromatic carbocycles. The van der Waals surface area contributed by atoms with Crippen LogP contribution in [0.15, 0.2) is 55.8 Å². The van der Waals surface area contributed by atoms with Crippen LogP contribution < -0.4 is 0 Å². The molecule has 4 nitrogen and oxygen atoms in total. The van der Waals surface area contributed by atoms with E-state index in [9.17, 15) is 16.8 Å². The monoisotopic (exact) mass is 330 g/mol. The van der Waals surface area contributed by atoms with Gasteiger partial charge in [0.1, 0.15) is 4.21 Å². The Morgan fingerprint density at radius 2 is 1.55 bits per heavy atom. The number of benzene rings is 1. The van der Waals surface area contributed by atoms with E-state index < -0.39 is 24.9 Å². The van der Waals surface area contributed by atoms with Crippen LogP contribution in [0.2, 0.25) is 0 Å². The van der Waals surface area contributed by atoms with Gasteiger partial charge in [-0.2, -0.15) is 0 Å². The van der Waals surface area contributed by atoms with Gasteiger partial charge in [-0.15, -0.1) is 11.3 Å². The van der Waals surface area contributed by atoms with E-state index in [1.54, 1.807) is 32.0 Å². The first-order valence-corrected chi connectivity index (χ1v) is 9.80. The van der Waals surface area contributed by atoms with E-state index in [2.05, 4.69) is 0 Å².